The number of hydrogen-bond acceptors (Lipinski definition) is 0. The molecule has 0 saturated heterocycles. The number of nitrogens with zero attached hydrogens (tertiary/aromatic N) is 1. The van der Waals surface area contributed by atoms with Crippen LogP contribution in [0.4, 0.5) is 0 Å². The number of alkyl halides is 1. The minimum atomic E-state index is 0. The molecule has 0 aromatic heterocycles. The van der Waals surface area contributed by atoms with E-state index in [1.165, 1.54) is 75.6 Å². The summed E-state index contributed by atoms with van der Waals surface area (Å²) < 4.78 is 1.30. The highest BCUT2D eigenvalue weighted by atomic mass is 127. The van der Waals surface area contributed by atoms with Crippen molar-refractivity contribution in [1.82, 2.24) is 0 Å². The zero-order valence-corrected chi connectivity index (χ0v) is 19.9. The molecule has 1 unspecified atom stereocenters. The summed E-state index contributed by atoms with van der Waals surface area (Å²) in [6.45, 7) is 10.3. The summed E-state index contributed by atoms with van der Waals surface area (Å²) in [6, 6.07) is 8.83. The number of halogens is 2. The van der Waals surface area contributed by atoms with E-state index in [0.29, 0.717) is 0 Å². The predicted octanol–water partition coefficient (Wildman–Crippen LogP) is 3.87. The van der Waals surface area contributed by atoms with E-state index in [-0.39, 0.29) is 16.5 Å². The maximum atomic E-state index is 5.94. The quantitative estimate of drug-likeness (QED) is 0.0985. The Morgan fingerprint density at radius 3 is 1.96 bits per heavy atom. The van der Waals surface area contributed by atoms with Crippen molar-refractivity contribution in [3.63, 3.8) is 0 Å². The van der Waals surface area contributed by atoms with Gasteiger partial charge in [0.25, 0.3) is 0 Å². The molecule has 0 N–H and O–H groups in total. The first-order valence-electron chi connectivity index (χ1n) is 10.1. The van der Waals surface area contributed by atoms with Gasteiger partial charge in [-0.1, -0.05) is 63.8 Å². The highest BCUT2D eigenvalue weighted by Crippen LogP contribution is 2.28. The summed E-state index contributed by atoms with van der Waals surface area (Å²) in [7, 11) is 0. The highest BCUT2D eigenvalue weighted by Gasteiger charge is 2.34. The molecule has 148 valence electrons. The molecule has 0 fully saturated rings. The van der Waals surface area contributed by atoms with Crippen LogP contribution in [0.1, 0.15) is 76.3 Å². The molecule has 1 aromatic rings. The van der Waals surface area contributed by atoms with Crippen LogP contribution in [0.2, 0.25) is 0 Å². The Kier molecular flexibility index (Phi) is 14.6. The molecule has 0 aliphatic rings. The third-order valence-corrected chi connectivity index (χ3v) is 6.82. The Labute approximate surface area is 182 Å². The van der Waals surface area contributed by atoms with E-state index in [2.05, 4.69) is 73.5 Å². The van der Waals surface area contributed by atoms with Crippen molar-refractivity contribution in [2.75, 3.05) is 13.1 Å². The van der Waals surface area contributed by atoms with E-state index >= 15 is 0 Å². The van der Waals surface area contributed by atoms with E-state index in [9.17, 15) is 0 Å². The van der Waals surface area contributed by atoms with Gasteiger partial charge in [-0.15, -0.1) is 6.42 Å². The Hall–Kier alpha value is -0.240. The number of hydrogen-bond donors (Lipinski definition) is 0. The zero-order valence-electron chi connectivity index (χ0n) is 16.9. The van der Waals surface area contributed by atoms with Crippen LogP contribution < -0.4 is 12.4 Å². The molecule has 0 aliphatic heterocycles. The van der Waals surface area contributed by atoms with Crippen LogP contribution in [0.25, 0.3) is 0 Å². The number of benzene rings is 1. The van der Waals surface area contributed by atoms with Crippen LogP contribution >= 0.6 is 22.6 Å². The zero-order chi connectivity index (χ0) is 18.5. The first-order chi connectivity index (χ1) is 12.1. The van der Waals surface area contributed by atoms with Crippen LogP contribution in [0.3, 0.4) is 0 Å². The van der Waals surface area contributed by atoms with Gasteiger partial charge in [-0.2, -0.15) is 0 Å². The van der Waals surface area contributed by atoms with Gasteiger partial charge in [-0.25, -0.2) is 0 Å². The lowest BCUT2D eigenvalue weighted by molar-refractivity contribution is -0.940. The van der Waals surface area contributed by atoms with Crippen molar-refractivity contribution in [1.29, 1.82) is 0 Å². The van der Waals surface area contributed by atoms with Crippen LogP contribution in [0, 0.1) is 19.3 Å². The minimum Gasteiger partial charge on any atom is -1.00 e. The fraction of sp³-hybridized carbons (Fsp3) is 0.652. The molecule has 0 aliphatic carbocycles. The first kappa shape index (κ1) is 25.8. The average Bonchev–Trinajstić information content (AvgIpc) is 2.63. The van der Waals surface area contributed by atoms with Gasteiger partial charge in [-0.3, -0.25) is 4.48 Å². The van der Waals surface area contributed by atoms with E-state index in [4.69, 9.17) is 6.42 Å². The second-order valence-electron chi connectivity index (χ2n) is 7.37. The third kappa shape index (κ3) is 8.63. The van der Waals surface area contributed by atoms with Crippen LogP contribution in [0.5, 0.6) is 0 Å². The molecule has 1 atom stereocenters. The van der Waals surface area contributed by atoms with Crippen molar-refractivity contribution >= 4 is 22.6 Å². The van der Waals surface area contributed by atoms with Gasteiger partial charge in [0.1, 0.15) is 6.54 Å². The summed E-state index contributed by atoms with van der Waals surface area (Å²) in [6.07, 6.45) is 16.4. The lowest BCUT2D eigenvalue weighted by Crippen LogP contribution is -3.00. The largest absolute Gasteiger partial charge is 1.00 e. The molecular weight excluding hydrogens is 453 g/mol. The Bertz CT molecular complexity index is 511. The van der Waals surface area contributed by atoms with Gasteiger partial charge in [0.05, 0.1) is 13.1 Å². The molecule has 1 aromatic carbocycles. The summed E-state index contributed by atoms with van der Waals surface area (Å²) in [4.78, 5) is 0. The van der Waals surface area contributed by atoms with Gasteiger partial charge >= 0.3 is 0 Å². The fourth-order valence-electron chi connectivity index (χ4n) is 3.57. The summed E-state index contributed by atoms with van der Waals surface area (Å²) in [5.41, 5.74) is 2.86. The standard InChI is InChI=1S/C23H37IN.ClH/c1-5-8-10-14-18-25(23(24)7-3,19-15-11-9-6-2)20-22-17-13-12-16-21(22)4;/h3,12-13,16-17,23H,5-6,8-11,14-15,18-20H2,1-2,4H3;1H/q+1;/p-1. The normalized spacial score (nSPS) is 12.3. The lowest BCUT2D eigenvalue weighted by atomic mass is 10.0. The van der Waals surface area contributed by atoms with E-state index in [1.54, 1.807) is 0 Å². The van der Waals surface area contributed by atoms with Crippen LogP contribution in [-0.2, 0) is 6.54 Å². The number of quaternary nitrogens is 1. The summed E-state index contributed by atoms with van der Waals surface area (Å²) >= 11 is 2.52. The molecule has 1 rings (SSSR count). The monoisotopic (exact) mass is 489 g/mol. The topological polar surface area (TPSA) is 0 Å². The van der Waals surface area contributed by atoms with Crippen molar-refractivity contribution in [3.8, 4) is 12.3 Å². The molecule has 0 saturated carbocycles. The maximum Gasteiger partial charge on any atom is 0.200 e. The van der Waals surface area contributed by atoms with Gasteiger partial charge in [0.15, 0.2) is 0 Å². The van der Waals surface area contributed by atoms with Gasteiger partial charge < -0.3 is 12.4 Å². The number of rotatable bonds is 13. The summed E-state index contributed by atoms with van der Waals surface area (Å²) in [5, 5.41) is 0. The molecule has 0 amide bonds. The maximum absolute atomic E-state index is 5.94. The smallest absolute Gasteiger partial charge is 0.200 e. The molecule has 0 bridgehead atoms. The molecule has 0 heterocycles. The van der Waals surface area contributed by atoms with Gasteiger partial charge in [0.2, 0.25) is 4.05 Å². The Morgan fingerprint density at radius 2 is 1.50 bits per heavy atom. The van der Waals surface area contributed by atoms with Crippen molar-refractivity contribution in [3.05, 3.63) is 35.4 Å². The van der Waals surface area contributed by atoms with Gasteiger partial charge in [-0.05, 0) is 44.1 Å². The predicted molar refractivity (Wildman–Crippen MR) is 120 cm³/mol. The number of unbranched alkanes of at least 4 members (excludes halogenated alkanes) is 6. The highest BCUT2D eigenvalue weighted by molar-refractivity contribution is 14.1. The molecule has 1 nitrogen and oxygen atoms in total. The molecule has 0 radical (unpaired) electrons. The van der Waals surface area contributed by atoms with Crippen molar-refractivity contribution < 1.29 is 16.9 Å². The molecule has 0 spiro atoms. The molecular formula is C23H37ClIN. The SMILES string of the molecule is C#CC(I)[N+](CCCCCC)(CCCCCC)Cc1ccccc1C.[Cl-]. The molecule has 3 heteroatoms. The second-order valence-corrected chi connectivity index (χ2v) is 8.55. The second kappa shape index (κ2) is 14.8. The number of aryl methyl sites for hydroxylation is 1. The summed E-state index contributed by atoms with van der Waals surface area (Å²) in [5.74, 6) is 3.09. The average molecular weight is 490 g/mol. The van der Waals surface area contributed by atoms with E-state index in [0.717, 1.165) is 11.0 Å². The lowest BCUT2D eigenvalue weighted by Gasteiger charge is -2.41. The number of terminal acetylenes is 1. The third-order valence-electron chi connectivity index (χ3n) is 5.28. The van der Waals surface area contributed by atoms with E-state index in [1.807, 2.05) is 0 Å². The van der Waals surface area contributed by atoms with Crippen molar-refractivity contribution in [2.45, 2.75) is 82.7 Å². The van der Waals surface area contributed by atoms with Crippen molar-refractivity contribution in [2.24, 2.45) is 0 Å². The first-order valence-corrected chi connectivity index (χ1v) is 11.3. The Morgan fingerprint density at radius 1 is 0.962 bits per heavy atom. The van der Waals surface area contributed by atoms with Crippen LogP contribution in [-0.4, -0.2) is 21.6 Å². The Balaban J connectivity index is 0.00000625. The minimum absolute atomic E-state index is 0. The van der Waals surface area contributed by atoms with Gasteiger partial charge in [0, 0.05) is 28.2 Å². The van der Waals surface area contributed by atoms with E-state index < -0.39 is 0 Å². The molecule has 26 heavy (non-hydrogen) atoms. The van der Waals surface area contributed by atoms with Crippen LogP contribution in [0.15, 0.2) is 24.3 Å². The fourth-order valence-corrected chi connectivity index (χ4v) is 4.32.